The fourth-order valence-electron chi connectivity index (χ4n) is 6.52. The standard InChI is InChI=1S/C20H18BrN5O.C20H18N6O/c1-24(2)19-22-23-20-25(12-6-9-14-7-4-3-5-8-14)18(27)16-13-15(21)10-11-17(16)26(19)20;1-13-4-9-17-16(10-13)19(27)26(20-23-22-12-25(17)20)18(24(2)3)15-7-5-14(11-21)6-8-15/h3-11,13H,12H2,1-2H3;4-10,12,18H,1-3H3. The molecule has 4 aromatic heterocycles. The molecule has 54 heavy (non-hydrogen) atoms. The largest absolute Gasteiger partial charge is 0.347 e. The highest BCUT2D eigenvalue weighted by Gasteiger charge is 2.24. The van der Waals surface area contributed by atoms with Gasteiger partial charge in [0.15, 0.2) is 0 Å². The molecular formula is C40H36BrN11O2. The molecule has 0 amide bonds. The van der Waals surface area contributed by atoms with Crippen molar-refractivity contribution in [2.45, 2.75) is 19.6 Å². The molecular weight excluding hydrogens is 746 g/mol. The van der Waals surface area contributed by atoms with Crippen LogP contribution in [-0.2, 0) is 6.54 Å². The summed E-state index contributed by atoms with van der Waals surface area (Å²) in [6.45, 7) is 2.37. The monoisotopic (exact) mass is 781 g/mol. The number of anilines is 1. The Morgan fingerprint density at radius 1 is 0.833 bits per heavy atom. The first-order chi connectivity index (χ1) is 26.1. The van der Waals surface area contributed by atoms with Crippen LogP contribution in [0, 0.1) is 18.3 Å². The lowest BCUT2D eigenvalue weighted by Gasteiger charge is -2.27. The normalized spacial score (nSPS) is 12.1. The van der Waals surface area contributed by atoms with Gasteiger partial charge in [-0.15, -0.1) is 20.4 Å². The lowest BCUT2D eigenvalue weighted by atomic mass is 10.1. The number of aryl methyl sites for hydroxylation is 1. The van der Waals surface area contributed by atoms with Crippen molar-refractivity contribution in [1.82, 2.24) is 43.2 Å². The summed E-state index contributed by atoms with van der Waals surface area (Å²) in [6.07, 6.45) is 5.19. The fraction of sp³-hybridized carbons (Fsp3) is 0.175. The first kappa shape index (κ1) is 36.0. The van der Waals surface area contributed by atoms with Gasteiger partial charge in [0.25, 0.3) is 11.1 Å². The highest BCUT2D eigenvalue weighted by molar-refractivity contribution is 9.10. The number of benzene rings is 4. The van der Waals surface area contributed by atoms with E-state index >= 15 is 0 Å². The molecule has 0 radical (unpaired) electrons. The molecule has 0 saturated carbocycles. The number of allylic oxidation sites excluding steroid dienone is 1. The van der Waals surface area contributed by atoms with Crippen LogP contribution in [0.15, 0.2) is 117 Å². The summed E-state index contributed by atoms with van der Waals surface area (Å²) in [6, 6.07) is 30.8. The van der Waals surface area contributed by atoms with Crippen LogP contribution in [0.1, 0.15) is 28.4 Å². The van der Waals surface area contributed by atoms with E-state index in [-0.39, 0.29) is 17.3 Å². The van der Waals surface area contributed by atoms with Crippen molar-refractivity contribution in [3.8, 4) is 6.07 Å². The van der Waals surface area contributed by atoms with Gasteiger partial charge in [-0.25, -0.2) is 4.40 Å². The Morgan fingerprint density at radius 2 is 1.56 bits per heavy atom. The van der Waals surface area contributed by atoms with Gasteiger partial charge in [0.2, 0.25) is 17.5 Å². The quantitative estimate of drug-likeness (QED) is 0.193. The maximum atomic E-state index is 13.4. The number of fused-ring (bicyclic) bond motifs is 6. The van der Waals surface area contributed by atoms with Crippen molar-refractivity contribution in [2.24, 2.45) is 0 Å². The van der Waals surface area contributed by atoms with E-state index in [9.17, 15) is 9.59 Å². The van der Waals surface area contributed by atoms with Gasteiger partial charge < -0.3 is 4.90 Å². The third-order valence-corrected chi connectivity index (χ3v) is 9.51. The maximum Gasteiger partial charge on any atom is 0.264 e. The van der Waals surface area contributed by atoms with Gasteiger partial charge in [0.1, 0.15) is 12.5 Å². The van der Waals surface area contributed by atoms with Crippen LogP contribution < -0.4 is 16.0 Å². The Kier molecular flexibility index (Phi) is 9.92. The van der Waals surface area contributed by atoms with Gasteiger partial charge in [-0.05, 0) is 74.6 Å². The van der Waals surface area contributed by atoms with Crippen molar-refractivity contribution < 1.29 is 0 Å². The summed E-state index contributed by atoms with van der Waals surface area (Å²) in [5, 5.41) is 27.1. The molecule has 270 valence electrons. The van der Waals surface area contributed by atoms with Crippen molar-refractivity contribution in [1.29, 1.82) is 5.26 Å². The molecule has 1 unspecified atom stereocenters. The predicted octanol–water partition coefficient (Wildman–Crippen LogP) is 5.92. The lowest BCUT2D eigenvalue weighted by Crippen LogP contribution is -2.36. The average molecular weight is 783 g/mol. The lowest BCUT2D eigenvalue weighted by molar-refractivity contribution is 0.260. The minimum absolute atomic E-state index is 0.0887. The van der Waals surface area contributed by atoms with Crippen LogP contribution in [0.5, 0.6) is 0 Å². The molecule has 0 saturated heterocycles. The van der Waals surface area contributed by atoms with Gasteiger partial charge in [-0.1, -0.05) is 82.2 Å². The molecule has 0 fully saturated rings. The molecule has 1 atom stereocenters. The molecule has 0 aliphatic heterocycles. The summed E-state index contributed by atoms with van der Waals surface area (Å²) in [7, 11) is 7.63. The number of aromatic nitrogens is 8. The summed E-state index contributed by atoms with van der Waals surface area (Å²) < 4.78 is 7.90. The molecule has 0 aliphatic rings. The molecule has 0 spiro atoms. The van der Waals surface area contributed by atoms with Crippen molar-refractivity contribution in [3.63, 3.8) is 0 Å². The number of rotatable bonds is 7. The summed E-state index contributed by atoms with van der Waals surface area (Å²) >= 11 is 3.46. The third kappa shape index (κ3) is 6.66. The van der Waals surface area contributed by atoms with Gasteiger partial charge >= 0.3 is 0 Å². The first-order valence-corrected chi connectivity index (χ1v) is 17.8. The first-order valence-electron chi connectivity index (χ1n) is 17.0. The van der Waals surface area contributed by atoms with Crippen LogP contribution in [0.2, 0.25) is 0 Å². The van der Waals surface area contributed by atoms with E-state index in [1.807, 2.05) is 145 Å². The number of nitriles is 1. The second-order valence-electron chi connectivity index (χ2n) is 13.2. The fourth-order valence-corrected chi connectivity index (χ4v) is 6.89. The summed E-state index contributed by atoms with van der Waals surface area (Å²) in [5.74, 6) is 1.67. The minimum Gasteiger partial charge on any atom is -0.347 e. The molecule has 8 rings (SSSR count). The minimum atomic E-state index is -0.387. The second kappa shape index (κ2) is 14.9. The SMILES string of the molecule is CN(C)c1nnc2n(CC=Cc3ccccc3)c(=O)c3cc(Br)ccc3n12.Cc1ccc2c(c1)c(=O)n(C(c1ccc(C#N)cc1)N(C)C)c1nncn21. The summed E-state index contributed by atoms with van der Waals surface area (Å²) in [4.78, 5) is 30.4. The van der Waals surface area contributed by atoms with E-state index in [2.05, 4.69) is 42.4 Å². The van der Waals surface area contributed by atoms with Crippen LogP contribution in [0.25, 0.3) is 39.4 Å². The molecule has 0 aliphatic carbocycles. The van der Waals surface area contributed by atoms with E-state index in [0.29, 0.717) is 40.4 Å². The summed E-state index contributed by atoms with van der Waals surface area (Å²) in [5.41, 5.74) is 4.91. The van der Waals surface area contributed by atoms with Crippen molar-refractivity contribution >= 4 is 61.3 Å². The van der Waals surface area contributed by atoms with E-state index in [0.717, 1.165) is 32.2 Å². The number of nitrogens with zero attached hydrogens (tertiary/aromatic N) is 11. The van der Waals surface area contributed by atoms with E-state index in [1.54, 1.807) is 27.6 Å². The smallest absolute Gasteiger partial charge is 0.264 e. The van der Waals surface area contributed by atoms with Crippen LogP contribution in [0.4, 0.5) is 5.95 Å². The zero-order valence-corrected chi connectivity index (χ0v) is 31.9. The number of hydrogen-bond donors (Lipinski definition) is 0. The Labute approximate surface area is 318 Å². The van der Waals surface area contributed by atoms with Crippen LogP contribution in [-0.4, -0.2) is 71.4 Å². The van der Waals surface area contributed by atoms with Gasteiger partial charge in [-0.3, -0.25) is 28.0 Å². The molecule has 4 aromatic carbocycles. The molecule has 0 bridgehead atoms. The number of halogens is 1. The van der Waals surface area contributed by atoms with Gasteiger partial charge in [-0.2, -0.15) is 5.26 Å². The molecule has 13 nitrogen and oxygen atoms in total. The zero-order chi connectivity index (χ0) is 38.1. The van der Waals surface area contributed by atoms with Crippen LogP contribution >= 0.6 is 15.9 Å². The molecule has 4 heterocycles. The topological polar surface area (TPSA) is 135 Å². The van der Waals surface area contributed by atoms with E-state index in [1.165, 1.54) is 0 Å². The highest BCUT2D eigenvalue weighted by Crippen LogP contribution is 2.25. The third-order valence-electron chi connectivity index (χ3n) is 9.02. The zero-order valence-electron chi connectivity index (χ0n) is 30.3. The maximum absolute atomic E-state index is 13.4. The Balaban J connectivity index is 0.000000167. The number of hydrogen-bond acceptors (Lipinski definition) is 9. The van der Waals surface area contributed by atoms with E-state index in [4.69, 9.17) is 5.26 Å². The van der Waals surface area contributed by atoms with Crippen molar-refractivity contribution in [2.75, 3.05) is 33.1 Å². The van der Waals surface area contributed by atoms with Gasteiger partial charge in [0, 0.05) is 25.1 Å². The molecule has 0 N–H and O–H groups in total. The Morgan fingerprint density at radius 3 is 2.26 bits per heavy atom. The van der Waals surface area contributed by atoms with Gasteiger partial charge in [0.05, 0.1) is 33.4 Å². The average Bonchev–Trinajstić information content (AvgIpc) is 3.84. The Bertz CT molecular complexity index is 2850. The molecule has 14 heteroatoms. The van der Waals surface area contributed by atoms with Crippen LogP contribution in [0.3, 0.4) is 0 Å². The Hall–Kier alpha value is -6.43. The highest BCUT2D eigenvalue weighted by atomic mass is 79.9. The molecule has 8 aromatic rings. The predicted molar refractivity (Wildman–Crippen MR) is 215 cm³/mol. The second-order valence-corrected chi connectivity index (χ2v) is 14.1. The van der Waals surface area contributed by atoms with E-state index < -0.39 is 0 Å². The van der Waals surface area contributed by atoms with Crippen molar-refractivity contribution in [3.05, 3.63) is 151 Å².